The third-order valence-electron chi connectivity index (χ3n) is 2.98. The van der Waals surface area contributed by atoms with Crippen molar-refractivity contribution >= 4 is 0 Å². The van der Waals surface area contributed by atoms with Crippen molar-refractivity contribution < 1.29 is 0 Å². The molecule has 0 radical (unpaired) electrons. The van der Waals surface area contributed by atoms with Gasteiger partial charge in [0.25, 0.3) is 0 Å². The SMILES string of the molecule is C=C(C)/C=C\C(=C)CN1CCC(CC)C1.CC. The van der Waals surface area contributed by atoms with Gasteiger partial charge < -0.3 is 0 Å². The molecule has 0 aromatic rings. The Morgan fingerprint density at radius 1 is 1.29 bits per heavy atom. The van der Waals surface area contributed by atoms with Crippen molar-refractivity contribution in [2.75, 3.05) is 19.6 Å². The minimum absolute atomic E-state index is 0.905. The van der Waals surface area contributed by atoms with Crippen molar-refractivity contribution in [1.82, 2.24) is 4.90 Å². The van der Waals surface area contributed by atoms with Crippen molar-refractivity contribution in [2.45, 2.75) is 40.5 Å². The predicted octanol–water partition coefficient (Wildman–Crippen LogP) is 4.43. The van der Waals surface area contributed by atoms with Gasteiger partial charge in [-0.2, -0.15) is 0 Å². The molecular formula is C16H29N. The third-order valence-corrected chi connectivity index (χ3v) is 2.98. The highest BCUT2D eigenvalue weighted by atomic mass is 15.1. The predicted molar refractivity (Wildman–Crippen MR) is 79.3 cm³/mol. The number of allylic oxidation sites excluding steroid dienone is 2. The monoisotopic (exact) mass is 235 g/mol. The summed E-state index contributed by atoms with van der Waals surface area (Å²) in [5.41, 5.74) is 2.28. The molecule has 98 valence electrons. The maximum absolute atomic E-state index is 4.07. The molecule has 1 aliphatic heterocycles. The van der Waals surface area contributed by atoms with E-state index >= 15 is 0 Å². The van der Waals surface area contributed by atoms with Crippen LogP contribution in [0.5, 0.6) is 0 Å². The lowest BCUT2D eigenvalue weighted by Gasteiger charge is -2.15. The first-order chi connectivity index (χ1) is 8.11. The van der Waals surface area contributed by atoms with Gasteiger partial charge in [-0.3, -0.25) is 4.90 Å². The third kappa shape index (κ3) is 7.17. The summed E-state index contributed by atoms with van der Waals surface area (Å²) in [6.07, 6.45) is 6.79. The Kier molecular flexibility index (Phi) is 8.79. The molecule has 0 N–H and O–H groups in total. The van der Waals surface area contributed by atoms with E-state index in [-0.39, 0.29) is 0 Å². The number of nitrogens with zero attached hydrogens (tertiary/aromatic N) is 1. The van der Waals surface area contributed by atoms with Gasteiger partial charge in [0.1, 0.15) is 0 Å². The van der Waals surface area contributed by atoms with Crippen LogP contribution in [0.1, 0.15) is 40.5 Å². The van der Waals surface area contributed by atoms with E-state index in [0.717, 1.165) is 18.0 Å². The molecule has 0 bridgehead atoms. The fourth-order valence-corrected chi connectivity index (χ4v) is 1.99. The van der Waals surface area contributed by atoms with Crippen LogP contribution in [0, 0.1) is 5.92 Å². The topological polar surface area (TPSA) is 3.24 Å². The minimum atomic E-state index is 0.905. The van der Waals surface area contributed by atoms with E-state index in [9.17, 15) is 0 Å². The second-order valence-corrected chi connectivity index (χ2v) is 4.64. The van der Waals surface area contributed by atoms with Gasteiger partial charge in [-0.25, -0.2) is 0 Å². The van der Waals surface area contributed by atoms with Crippen LogP contribution in [0.2, 0.25) is 0 Å². The van der Waals surface area contributed by atoms with Gasteiger partial charge in [-0.15, -0.1) is 0 Å². The Labute approximate surface area is 108 Å². The quantitative estimate of drug-likeness (QED) is 0.637. The fourth-order valence-electron chi connectivity index (χ4n) is 1.99. The van der Waals surface area contributed by atoms with Crippen LogP contribution in [0.4, 0.5) is 0 Å². The Hall–Kier alpha value is -0.820. The Balaban J connectivity index is 0.00000121. The lowest BCUT2D eigenvalue weighted by atomic mass is 10.1. The first-order valence-corrected chi connectivity index (χ1v) is 6.85. The molecular weight excluding hydrogens is 206 g/mol. The number of hydrogen-bond acceptors (Lipinski definition) is 1. The van der Waals surface area contributed by atoms with Gasteiger partial charge in [0, 0.05) is 13.1 Å². The van der Waals surface area contributed by atoms with Crippen LogP contribution in [0.3, 0.4) is 0 Å². The highest BCUT2D eigenvalue weighted by Crippen LogP contribution is 2.19. The summed E-state index contributed by atoms with van der Waals surface area (Å²) in [5.74, 6) is 0.905. The van der Waals surface area contributed by atoms with Gasteiger partial charge in [0.05, 0.1) is 0 Å². The molecule has 1 aliphatic rings. The molecule has 0 spiro atoms. The zero-order valence-electron chi connectivity index (χ0n) is 12.1. The first-order valence-electron chi connectivity index (χ1n) is 6.85. The highest BCUT2D eigenvalue weighted by Gasteiger charge is 2.20. The maximum Gasteiger partial charge on any atom is 0.0227 e. The second-order valence-electron chi connectivity index (χ2n) is 4.64. The average molecular weight is 235 g/mol. The Morgan fingerprint density at radius 2 is 1.94 bits per heavy atom. The summed E-state index contributed by atoms with van der Waals surface area (Å²) in [5, 5.41) is 0. The summed E-state index contributed by atoms with van der Waals surface area (Å²) in [6.45, 7) is 19.7. The molecule has 0 aromatic carbocycles. The van der Waals surface area contributed by atoms with Crippen LogP contribution < -0.4 is 0 Å². The molecule has 1 rings (SSSR count). The normalized spacial score (nSPS) is 20.1. The van der Waals surface area contributed by atoms with Gasteiger partial charge >= 0.3 is 0 Å². The molecule has 0 amide bonds. The summed E-state index contributed by atoms with van der Waals surface area (Å²) in [7, 11) is 0. The molecule has 1 saturated heterocycles. The molecule has 1 unspecified atom stereocenters. The molecule has 0 aromatic heterocycles. The summed E-state index contributed by atoms with van der Waals surface area (Å²) in [4.78, 5) is 2.50. The Bertz CT molecular complexity index is 263. The molecule has 0 saturated carbocycles. The molecule has 0 aliphatic carbocycles. The molecule has 1 heterocycles. The van der Waals surface area contributed by atoms with E-state index in [4.69, 9.17) is 0 Å². The average Bonchev–Trinajstić information content (AvgIpc) is 2.77. The smallest absolute Gasteiger partial charge is 0.0227 e. The van der Waals surface area contributed by atoms with Crippen LogP contribution in [0.15, 0.2) is 36.5 Å². The van der Waals surface area contributed by atoms with E-state index in [0.29, 0.717) is 0 Å². The van der Waals surface area contributed by atoms with Crippen molar-refractivity contribution in [2.24, 2.45) is 5.92 Å². The van der Waals surface area contributed by atoms with Crippen molar-refractivity contribution in [3.8, 4) is 0 Å². The summed E-state index contributed by atoms with van der Waals surface area (Å²) in [6, 6.07) is 0. The van der Waals surface area contributed by atoms with Crippen LogP contribution in [-0.4, -0.2) is 24.5 Å². The van der Waals surface area contributed by atoms with Crippen molar-refractivity contribution in [1.29, 1.82) is 0 Å². The summed E-state index contributed by atoms with van der Waals surface area (Å²) < 4.78 is 0. The first kappa shape index (κ1) is 16.2. The zero-order valence-corrected chi connectivity index (χ0v) is 12.1. The lowest BCUT2D eigenvalue weighted by Crippen LogP contribution is -2.22. The largest absolute Gasteiger partial charge is 0.299 e. The molecule has 1 nitrogen and oxygen atoms in total. The molecule has 1 atom stereocenters. The highest BCUT2D eigenvalue weighted by molar-refractivity contribution is 5.24. The van der Waals surface area contributed by atoms with E-state index in [1.54, 1.807) is 0 Å². The second kappa shape index (κ2) is 9.23. The Morgan fingerprint density at radius 3 is 2.41 bits per heavy atom. The maximum atomic E-state index is 4.07. The van der Waals surface area contributed by atoms with E-state index in [1.165, 1.54) is 31.5 Å². The van der Waals surface area contributed by atoms with Crippen molar-refractivity contribution in [3.63, 3.8) is 0 Å². The zero-order chi connectivity index (χ0) is 13.3. The van der Waals surface area contributed by atoms with Crippen LogP contribution >= 0.6 is 0 Å². The van der Waals surface area contributed by atoms with Crippen molar-refractivity contribution in [3.05, 3.63) is 36.5 Å². The number of hydrogen-bond donors (Lipinski definition) is 0. The van der Waals surface area contributed by atoms with Gasteiger partial charge in [0.2, 0.25) is 0 Å². The minimum Gasteiger partial charge on any atom is -0.299 e. The van der Waals surface area contributed by atoms with Crippen LogP contribution in [-0.2, 0) is 0 Å². The number of rotatable bonds is 5. The van der Waals surface area contributed by atoms with Crippen LogP contribution in [0.25, 0.3) is 0 Å². The van der Waals surface area contributed by atoms with Gasteiger partial charge in [0.15, 0.2) is 0 Å². The number of likely N-dealkylation sites (tertiary alicyclic amines) is 1. The van der Waals surface area contributed by atoms with E-state index in [2.05, 4.69) is 31.1 Å². The lowest BCUT2D eigenvalue weighted by molar-refractivity contribution is 0.352. The molecule has 1 fully saturated rings. The van der Waals surface area contributed by atoms with Gasteiger partial charge in [-0.05, 0) is 31.4 Å². The van der Waals surface area contributed by atoms with E-state index in [1.807, 2.05) is 26.8 Å². The summed E-state index contributed by atoms with van der Waals surface area (Å²) >= 11 is 0. The standard InChI is InChI=1S/C14H23N.C2H6/c1-5-14-8-9-15(11-14)10-13(4)7-6-12(2)3;1-2/h6-7,14H,2,4-5,8-11H2,1,3H3;1-2H3/b7-6-;. The van der Waals surface area contributed by atoms with E-state index < -0.39 is 0 Å². The molecule has 17 heavy (non-hydrogen) atoms. The van der Waals surface area contributed by atoms with Gasteiger partial charge in [-0.1, -0.05) is 58.1 Å². The molecule has 1 heteroatoms. The fraction of sp³-hybridized carbons (Fsp3) is 0.625.